The highest BCUT2D eigenvalue weighted by Crippen LogP contribution is 2.25. The van der Waals surface area contributed by atoms with Gasteiger partial charge in [-0.05, 0) is 25.7 Å². The molecule has 4 nitrogen and oxygen atoms in total. The van der Waals surface area contributed by atoms with Crippen molar-refractivity contribution < 1.29 is 5.11 Å². The average molecular weight is 251 g/mol. The van der Waals surface area contributed by atoms with Crippen molar-refractivity contribution in [1.82, 2.24) is 14.7 Å². The fraction of sp³-hybridized carbons (Fsp3) is 0.786. The minimum absolute atomic E-state index is 0.152. The maximum Gasteiger partial charge on any atom is 0.0644 e. The van der Waals surface area contributed by atoms with E-state index in [1.165, 1.54) is 24.3 Å². The molecule has 2 atom stereocenters. The smallest absolute Gasteiger partial charge is 0.0644 e. The molecular formula is C14H25N3O. The van der Waals surface area contributed by atoms with E-state index in [-0.39, 0.29) is 6.61 Å². The third-order valence-corrected chi connectivity index (χ3v) is 4.29. The van der Waals surface area contributed by atoms with Crippen LogP contribution in [0.1, 0.15) is 30.8 Å². The molecule has 2 rings (SSSR count). The highest BCUT2D eigenvalue weighted by atomic mass is 16.3. The van der Waals surface area contributed by atoms with Crippen LogP contribution in [0.15, 0.2) is 0 Å². The summed E-state index contributed by atoms with van der Waals surface area (Å²) >= 11 is 0. The first kappa shape index (κ1) is 13.6. The fourth-order valence-electron chi connectivity index (χ4n) is 2.88. The van der Waals surface area contributed by atoms with Crippen molar-refractivity contribution in [3.05, 3.63) is 17.0 Å². The molecule has 102 valence electrons. The third kappa shape index (κ3) is 2.59. The third-order valence-electron chi connectivity index (χ3n) is 4.29. The predicted octanol–water partition coefficient (Wildman–Crippen LogP) is 1.58. The second kappa shape index (κ2) is 5.41. The summed E-state index contributed by atoms with van der Waals surface area (Å²) in [7, 11) is 0. The SMILES string of the molecule is Cc1nn(CCO)c(C)c1CN1CC(C)C(C)C1. The van der Waals surface area contributed by atoms with Crippen LogP contribution in [0.3, 0.4) is 0 Å². The van der Waals surface area contributed by atoms with Crippen molar-refractivity contribution in [3.8, 4) is 0 Å². The number of likely N-dealkylation sites (tertiary alicyclic amines) is 1. The largest absolute Gasteiger partial charge is 0.394 e. The second-order valence-electron chi connectivity index (χ2n) is 5.74. The Balaban J connectivity index is 2.10. The lowest BCUT2D eigenvalue weighted by Gasteiger charge is -2.15. The van der Waals surface area contributed by atoms with Gasteiger partial charge in [-0.3, -0.25) is 9.58 Å². The van der Waals surface area contributed by atoms with Gasteiger partial charge >= 0.3 is 0 Å². The molecule has 1 saturated heterocycles. The molecule has 0 bridgehead atoms. The van der Waals surface area contributed by atoms with Crippen LogP contribution in [0, 0.1) is 25.7 Å². The summed E-state index contributed by atoms with van der Waals surface area (Å²) in [5.41, 5.74) is 3.65. The van der Waals surface area contributed by atoms with Gasteiger partial charge in [0.25, 0.3) is 0 Å². The first-order chi connectivity index (χ1) is 8.52. The van der Waals surface area contributed by atoms with E-state index in [2.05, 4.69) is 37.7 Å². The van der Waals surface area contributed by atoms with Crippen LogP contribution >= 0.6 is 0 Å². The van der Waals surface area contributed by atoms with Crippen molar-refractivity contribution in [2.45, 2.75) is 40.8 Å². The fourth-order valence-corrected chi connectivity index (χ4v) is 2.88. The number of hydrogen-bond donors (Lipinski definition) is 1. The van der Waals surface area contributed by atoms with Gasteiger partial charge in [0.15, 0.2) is 0 Å². The number of aromatic nitrogens is 2. The van der Waals surface area contributed by atoms with Gasteiger partial charge in [0.1, 0.15) is 0 Å². The molecule has 2 unspecified atom stereocenters. The molecule has 0 spiro atoms. The van der Waals surface area contributed by atoms with E-state index >= 15 is 0 Å². The van der Waals surface area contributed by atoms with E-state index in [0.29, 0.717) is 6.54 Å². The van der Waals surface area contributed by atoms with Gasteiger partial charge in [-0.2, -0.15) is 5.10 Å². The molecule has 1 aromatic rings. The van der Waals surface area contributed by atoms with Crippen molar-refractivity contribution in [1.29, 1.82) is 0 Å². The van der Waals surface area contributed by atoms with Crippen LogP contribution < -0.4 is 0 Å². The Labute approximate surface area is 110 Å². The van der Waals surface area contributed by atoms with Crippen molar-refractivity contribution >= 4 is 0 Å². The number of aryl methyl sites for hydroxylation is 1. The van der Waals surface area contributed by atoms with Gasteiger partial charge in [0.05, 0.1) is 18.8 Å². The molecule has 4 heteroatoms. The van der Waals surface area contributed by atoms with Crippen LogP contribution in [0.2, 0.25) is 0 Å². The molecule has 1 fully saturated rings. The Hall–Kier alpha value is -0.870. The molecule has 18 heavy (non-hydrogen) atoms. The maximum atomic E-state index is 9.03. The van der Waals surface area contributed by atoms with E-state index in [0.717, 1.165) is 24.1 Å². The van der Waals surface area contributed by atoms with Crippen molar-refractivity contribution in [2.75, 3.05) is 19.7 Å². The average Bonchev–Trinajstić information content (AvgIpc) is 2.75. The number of hydrogen-bond acceptors (Lipinski definition) is 3. The van der Waals surface area contributed by atoms with Crippen LogP contribution in [0.25, 0.3) is 0 Å². The van der Waals surface area contributed by atoms with Gasteiger partial charge in [0, 0.05) is 30.9 Å². The molecular weight excluding hydrogens is 226 g/mol. The predicted molar refractivity (Wildman–Crippen MR) is 72.4 cm³/mol. The van der Waals surface area contributed by atoms with Gasteiger partial charge < -0.3 is 5.11 Å². The normalized spacial score (nSPS) is 24.9. The zero-order valence-corrected chi connectivity index (χ0v) is 12.0. The Morgan fingerprint density at radius 2 is 1.83 bits per heavy atom. The van der Waals surface area contributed by atoms with E-state index < -0.39 is 0 Å². The highest BCUT2D eigenvalue weighted by molar-refractivity contribution is 5.24. The Morgan fingerprint density at radius 3 is 2.39 bits per heavy atom. The number of aliphatic hydroxyl groups is 1. The summed E-state index contributed by atoms with van der Waals surface area (Å²) in [6.07, 6.45) is 0. The summed E-state index contributed by atoms with van der Waals surface area (Å²) in [5.74, 6) is 1.58. The molecule has 0 aromatic carbocycles. The molecule has 0 amide bonds. The summed E-state index contributed by atoms with van der Waals surface area (Å²) in [4.78, 5) is 2.52. The van der Waals surface area contributed by atoms with Gasteiger partial charge in [0.2, 0.25) is 0 Å². The monoisotopic (exact) mass is 251 g/mol. The van der Waals surface area contributed by atoms with E-state index in [1.807, 2.05) is 4.68 Å². The Morgan fingerprint density at radius 1 is 1.22 bits per heavy atom. The van der Waals surface area contributed by atoms with Gasteiger partial charge in [-0.1, -0.05) is 13.8 Å². The van der Waals surface area contributed by atoms with Crippen molar-refractivity contribution in [2.24, 2.45) is 11.8 Å². The molecule has 0 radical (unpaired) electrons. The second-order valence-corrected chi connectivity index (χ2v) is 5.74. The molecule has 1 aliphatic heterocycles. The maximum absolute atomic E-state index is 9.03. The van der Waals surface area contributed by atoms with Crippen LogP contribution in [0.5, 0.6) is 0 Å². The van der Waals surface area contributed by atoms with Crippen LogP contribution in [0.4, 0.5) is 0 Å². The van der Waals surface area contributed by atoms with Crippen molar-refractivity contribution in [3.63, 3.8) is 0 Å². The summed E-state index contributed by atoms with van der Waals surface area (Å²) in [6.45, 7) is 13.0. The van der Waals surface area contributed by atoms with Gasteiger partial charge in [-0.15, -0.1) is 0 Å². The van der Waals surface area contributed by atoms with Crippen LogP contribution in [-0.4, -0.2) is 39.5 Å². The van der Waals surface area contributed by atoms with E-state index in [1.54, 1.807) is 0 Å². The molecule has 1 aromatic heterocycles. The number of rotatable bonds is 4. The molecule has 2 heterocycles. The lowest BCUT2D eigenvalue weighted by molar-refractivity contribution is 0.267. The van der Waals surface area contributed by atoms with Crippen LogP contribution in [-0.2, 0) is 13.1 Å². The zero-order chi connectivity index (χ0) is 13.3. The number of nitrogens with zero attached hydrogens (tertiary/aromatic N) is 3. The first-order valence-electron chi connectivity index (χ1n) is 6.89. The lowest BCUT2D eigenvalue weighted by atomic mass is 10.0. The summed E-state index contributed by atoms with van der Waals surface area (Å²) < 4.78 is 1.92. The van der Waals surface area contributed by atoms with E-state index in [4.69, 9.17) is 5.11 Å². The molecule has 0 aliphatic carbocycles. The minimum atomic E-state index is 0.152. The van der Waals surface area contributed by atoms with Gasteiger partial charge in [-0.25, -0.2) is 0 Å². The molecule has 1 N–H and O–H groups in total. The standard InChI is InChI=1S/C14H25N3O/c1-10-7-16(8-11(10)2)9-14-12(3)15-17(5-6-18)13(14)4/h10-11,18H,5-9H2,1-4H3. The molecule has 1 aliphatic rings. The highest BCUT2D eigenvalue weighted by Gasteiger charge is 2.27. The van der Waals surface area contributed by atoms with E-state index in [9.17, 15) is 0 Å². The number of aliphatic hydroxyl groups excluding tert-OH is 1. The summed E-state index contributed by atoms with van der Waals surface area (Å²) in [6, 6.07) is 0. The zero-order valence-electron chi connectivity index (χ0n) is 12.0. The molecule has 0 saturated carbocycles. The lowest BCUT2D eigenvalue weighted by Crippen LogP contribution is -2.21. The minimum Gasteiger partial charge on any atom is -0.394 e. The quantitative estimate of drug-likeness (QED) is 0.883. The Bertz CT molecular complexity index is 403. The Kier molecular flexibility index (Phi) is 4.07. The summed E-state index contributed by atoms with van der Waals surface area (Å²) in [5, 5.41) is 13.5. The first-order valence-corrected chi connectivity index (χ1v) is 6.89. The topological polar surface area (TPSA) is 41.3 Å².